The van der Waals surface area contributed by atoms with Crippen LogP contribution in [0.25, 0.3) is 27.6 Å². The molecule has 0 unspecified atom stereocenters. The highest BCUT2D eigenvalue weighted by Gasteiger charge is 2.34. The van der Waals surface area contributed by atoms with Gasteiger partial charge in [-0.3, -0.25) is 20.0 Å². The number of fused-ring (bicyclic) bond motifs is 2. The van der Waals surface area contributed by atoms with Crippen LogP contribution >= 0.6 is 24.0 Å². The second-order valence-electron chi connectivity index (χ2n) is 6.93. The van der Waals surface area contributed by atoms with Crippen molar-refractivity contribution in [2.75, 3.05) is 0 Å². The third-order valence-electron chi connectivity index (χ3n) is 5.04. The van der Waals surface area contributed by atoms with Gasteiger partial charge in [0.2, 0.25) is 0 Å². The molecule has 1 fully saturated rings. The molecular weight excluding hydrogens is 426 g/mol. The number of aromatic nitrogens is 1. The molecule has 1 aliphatic heterocycles. The molecule has 1 aliphatic rings. The second-order valence-corrected chi connectivity index (χ2v) is 8.60. The van der Waals surface area contributed by atoms with Gasteiger partial charge in [0.1, 0.15) is 0 Å². The molecule has 5 rings (SSSR count). The van der Waals surface area contributed by atoms with Crippen molar-refractivity contribution in [2.45, 2.75) is 0 Å². The molecule has 4 aromatic rings. The summed E-state index contributed by atoms with van der Waals surface area (Å²) in [6.07, 6.45) is 4.90. The Balaban J connectivity index is 1.54. The minimum atomic E-state index is -0.421. The normalized spacial score (nSPS) is 15.2. The van der Waals surface area contributed by atoms with E-state index in [-0.39, 0.29) is 10.2 Å². The first-order chi connectivity index (χ1) is 15.1. The van der Waals surface area contributed by atoms with E-state index >= 15 is 0 Å². The lowest BCUT2D eigenvalue weighted by Crippen LogP contribution is -2.44. The molecule has 0 bridgehead atoms. The smallest absolute Gasteiger partial charge is 0.267 e. The number of hydrazine groups is 1. The maximum absolute atomic E-state index is 13.1. The van der Waals surface area contributed by atoms with Crippen molar-refractivity contribution in [3.63, 3.8) is 0 Å². The van der Waals surface area contributed by atoms with E-state index in [0.29, 0.717) is 10.5 Å². The van der Waals surface area contributed by atoms with E-state index in [1.54, 1.807) is 12.1 Å². The van der Waals surface area contributed by atoms with E-state index < -0.39 is 5.91 Å². The van der Waals surface area contributed by atoms with Crippen molar-refractivity contribution in [2.24, 2.45) is 0 Å². The van der Waals surface area contributed by atoms with Crippen molar-refractivity contribution in [1.82, 2.24) is 15.4 Å². The molecule has 0 spiro atoms. The third kappa shape index (κ3) is 3.58. The van der Waals surface area contributed by atoms with Gasteiger partial charge in [-0.05, 0) is 63.6 Å². The number of nitrogens with one attached hydrogen (secondary N) is 1. The molecule has 3 aromatic carbocycles. The molecule has 2 amide bonds. The maximum atomic E-state index is 13.1. The number of carbonyl (C=O) groups is 2. The fourth-order valence-electron chi connectivity index (χ4n) is 3.57. The van der Waals surface area contributed by atoms with Gasteiger partial charge in [0.25, 0.3) is 11.8 Å². The van der Waals surface area contributed by atoms with Gasteiger partial charge in [0.15, 0.2) is 4.32 Å². The van der Waals surface area contributed by atoms with Gasteiger partial charge in [-0.2, -0.15) is 5.01 Å². The Morgan fingerprint density at radius 3 is 2.23 bits per heavy atom. The summed E-state index contributed by atoms with van der Waals surface area (Å²) in [5.74, 6) is -0.773. The van der Waals surface area contributed by atoms with E-state index in [1.807, 2.05) is 42.5 Å². The molecule has 1 saturated heterocycles. The lowest BCUT2D eigenvalue weighted by molar-refractivity contribution is -0.123. The first-order valence-corrected chi connectivity index (χ1v) is 10.7. The molecule has 0 saturated carbocycles. The fraction of sp³-hybridized carbons (Fsp3) is 0. The number of carbonyl (C=O) groups excluding carboxylic acids is 2. The van der Waals surface area contributed by atoms with Gasteiger partial charge in [-0.25, -0.2) is 0 Å². The lowest BCUT2D eigenvalue weighted by atomic mass is 9.96. The predicted molar refractivity (Wildman–Crippen MR) is 128 cm³/mol. The first kappa shape index (κ1) is 19.4. The number of hydrogen-bond acceptors (Lipinski definition) is 5. The summed E-state index contributed by atoms with van der Waals surface area (Å²) in [6, 6.07) is 21.4. The summed E-state index contributed by atoms with van der Waals surface area (Å²) in [7, 11) is 0. The number of amides is 2. The Bertz CT molecular complexity index is 1350. The van der Waals surface area contributed by atoms with Crippen LogP contribution in [0.4, 0.5) is 0 Å². The number of hydrogen-bond donors (Lipinski definition) is 1. The van der Waals surface area contributed by atoms with Crippen LogP contribution in [0.1, 0.15) is 15.9 Å². The van der Waals surface area contributed by atoms with Crippen LogP contribution in [0.5, 0.6) is 0 Å². The van der Waals surface area contributed by atoms with Crippen LogP contribution in [0.2, 0.25) is 0 Å². The number of pyridine rings is 1. The second kappa shape index (κ2) is 7.94. The van der Waals surface area contributed by atoms with Crippen molar-refractivity contribution >= 4 is 67.7 Å². The van der Waals surface area contributed by atoms with Crippen LogP contribution in [0, 0.1) is 0 Å². The molecule has 5 nitrogen and oxygen atoms in total. The van der Waals surface area contributed by atoms with Gasteiger partial charge in [-0.1, -0.05) is 60.3 Å². The highest BCUT2D eigenvalue weighted by molar-refractivity contribution is 8.26. The molecule has 0 aliphatic carbocycles. The average Bonchev–Trinajstić information content (AvgIpc) is 3.06. The SMILES string of the molecule is O=C(NN1C(=O)/C(=C/c2c3ccccc3cc3ccccc23)SC1=S)c1ccncc1. The molecule has 7 heteroatoms. The van der Waals surface area contributed by atoms with Crippen LogP contribution in [-0.2, 0) is 4.79 Å². The van der Waals surface area contributed by atoms with Crippen LogP contribution in [0.15, 0.2) is 84.0 Å². The summed E-state index contributed by atoms with van der Waals surface area (Å²) in [5.41, 5.74) is 3.95. The highest BCUT2D eigenvalue weighted by atomic mass is 32.2. The molecule has 31 heavy (non-hydrogen) atoms. The van der Waals surface area contributed by atoms with E-state index in [1.165, 1.54) is 24.2 Å². The standard InChI is InChI=1S/C24H15N3O2S2/c28-22(15-9-11-25-12-10-15)26-27-23(29)21(31-24(27)30)14-20-18-7-3-1-5-16(18)13-17-6-2-4-8-19(17)20/h1-14H,(H,26,28)/b21-14-. The molecule has 150 valence electrons. The zero-order valence-corrected chi connectivity index (χ0v) is 17.7. The van der Waals surface area contributed by atoms with E-state index in [2.05, 4.69) is 28.6 Å². The van der Waals surface area contributed by atoms with E-state index in [0.717, 1.165) is 32.1 Å². The number of thiocarbonyl (C=S) groups is 1. The Morgan fingerprint density at radius 1 is 0.968 bits per heavy atom. The molecule has 1 aromatic heterocycles. The number of rotatable bonds is 3. The fourth-order valence-corrected chi connectivity index (χ4v) is 4.73. The molecule has 0 atom stereocenters. The van der Waals surface area contributed by atoms with E-state index in [4.69, 9.17) is 12.2 Å². The van der Waals surface area contributed by atoms with Crippen LogP contribution in [0.3, 0.4) is 0 Å². The van der Waals surface area contributed by atoms with Crippen molar-refractivity contribution in [3.8, 4) is 0 Å². The topological polar surface area (TPSA) is 62.3 Å². The molecule has 0 radical (unpaired) electrons. The summed E-state index contributed by atoms with van der Waals surface area (Å²) in [4.78, 5) is 29.9. The quantitative estimate of drug-likeness (QED) is 0.277. The van der Waals surface area contributed by atoms with Crippen LogP contribution in [-0.4, -0.2) is 26.1 Å². The Kier molecular flexibility index (Phi) is 4.97. The highest BCUT2D eigenvalue weighted by Crippen LogP contribution is 2.36. The van der Waals surface area contributed by atoms with Gasteiger partial charge < -0.3 is 0 Å². The summed E-state index contributed by atoms with van der Waals surface area (Å²) in [6.45, 7) is 0. The minimum absolute atomic E-state index is 0.281. The molecule has 2 heterocycles. The predicted octanol–water partition coefficient (Wildman–Crippen LogP) is 4.93. The third-order valence-corrected chi connectivity index (χ3v) is 6.34. The average molecular weight is 442 g/mol. The summed E-state index contributed by atoms with van der Waals surface area (Å²) in [5, 5.41) is 5.41. The molecular formula is C24H15N3O2S2. The monoisotopic (exact) mass is 441 g/mol. The Hall–Kier alpha value is -3.55. The summed E-state index contributed by atoms with van der Waals surface area (Å²) < 4.78 is 0.281. The Morgan fingerprint density at radius 2 is 1.58 bits per heavy atom. The van der Waals surface area contributed by atoms with Crippen LogP contribution < -0.4 is 5.43 Å². The van der Waals surface area contributed by atoms with Crippen molar-refractivity contribution < 1.29 is 9.59 Å². The number of thioether (sulfide) groups is 1. The minimum Gasteiger partial charge on any atom is -0.267 e. The number of nitrogens with zero attached hydrogens (tertiary/aromatic N) is 2. The first-order valence-electron chi connectivity index (χ1n) is 9.51. The maximum Gasteiger partial charge on any atom is 0.285 e. The van der Waals surface area contributed by atoms with Crippen molar-refractivity contribution in [1.29, 1.82) is 0 Å². The van der Waals surface area contributed by atoms with Gasteiger partial charge in [0.05, 0.1) is 4.91 Å². The largest absolute Gasteiger partial charge is 0.285 e. The van der Waals surface area contributed by atoms with E-state index in [9.17, 15) is 9.59 Å². The molecule has 1 N–H and O–H groups in total. The lowest BCUT2D eigenvalue weighted by Gasteiger charge is -2.15. The van der Waals surface area contributed by atoms with Crippen molar-refractivity contribution in [3.05, 3.63) is 95.2 Å². The van der Waals surface area contributed by atoms with Gasteiger partial charge in [0, 0.05) is 18.0 Å². The summed E-state index contributed by atoms with van der Waals surface area (Å²) >= 11 is 6.54. The van der Waals surface area contributed by atoms with Gasteiger partial charge in [-0.15, -0.1) is 0 Å². The Labute approximate surface area is 187 Å². The number of benzene rings is 3. The zero-order valence-electron chi connectivity index (χ0n) is 16.1. The zero-order chi connectivity index (χ0) is 21.4. The van der Waals surface area contributed by atoms with Gasteiger partial charge >= 0.3 is 0 Å².